The van der Waals surface area contributed by atoms with Gasteiger partial charge in [-0.3, -0.25) is 0 Å². The van der Waals surface area contributed by atoms with Crippen LogP contribution in [-0.2, 0) is 10.2 Å². The SMILES string of the molecule is CCC(CN)C1(c2cc(C)c(C)cc2C)COC1. The van der Waals surface area contributed by atoms with Gasteiger partial charge >= 0.3 is 0 Å². The lowest BCUT2D eigenvalue weighted by Gasteiger charge is -2.48. The first-order valence-electron chi connectivity index (χ1n) is 6.91. The van der Waals surface area contributed by atoms with Crippen LogP contribution in [0.1, 0.15) is 35.6 Å². The Morgan fingerprint density at radius 3 is 2.22 bits per heavy atom. The van der Waals surface area contributed by atoms with Crippen LogP contribution in [-0.4, -0.2) is 19.8 Å². The lowest BCUT2D eigenvalue weighted by atomic mass is 9.66. The summed E-state index contributed by atoms with van der Waals surface area (Å²) in [5, 5.41) is 0. The molecule has 0 aliphatic carbocycles. The van der Waals surface area contributed by atoms with Gasteiger partial charge in [-0.2, -0.15) is 0 Å². The van der Waals surface area contributed by atoms with E-state index in [1.807, 2.05) is 0 Å². The summed E-state index contributed by atoms with van der Waals surface area (Å²) in [6.45, 7) is 11.2. The molecule has 1 aliphatic rings. The zero-order valence-corrected chi connectivity index (χ0v) is 12.0. The summed E-state index contributed by atoms with van der Waals surface area (Å²) in [7, 11) is 0. The van der Waals surface area contributed by atoms with Crippen molar-refractivity contribution in [3.63, 3.8) is 0 Å². The molecule has 100 valence electrons. The molecule has 0 aromatic heterocycles. The van der Waals surface area contributed by atoms with Crippen LogP contribution >= 0.6 is 0 Å². The highest BCUT2D eigenvalue weighted by atomic mass is 16.5. The highest BCUT2D eigenvalue weighted by Gasteiger charge is 2.46. The highest BCUT2D eigenvalue weighted by molar-refractivity contribution is 5.42. The van der Waals surface area contributed by atoms with Crippen molar-refractivity contribution in [3.8, 4) is 0 Å². The number of ether oxygens (including phenoxy) is 1. The van der Waals surface area contributed by atoms with Gasteiger partial charge in [0.25, 0.3) is 0 Å². The zero-order valence-electron chi connectivity index (χ0n) is 12.0. The van der Waals surface area contributed by atoms with Gasteiger partial charge in [-0.15, -0.1) is 0 Å². The summed E-state index contributed by atoms with van der Waals surface area (Å²) < 4.78 is 5.55. The Bertz CT molecular complexity index is 431. The molecule has 1 heterocycles. The van der Waals surface area contributed by atoms with E-state index in [9.17, 15) is 0 Å². The van der Waals surface area contributed by atoms with Crippen molar-refractivity contribution >= 4 is 0 Å². The maximum atomic E-state index is 5.98. The van der Waals surface area contributed by atoms with Crippen molar-refractivity contribution in [2.75, 3.05) is 19.8 Å². The van der Waals surface area contributed by atoms with Gasteiger partial charge < -0.3 is 10.5 Å². The standard InChI is InChI=1S/C16H25NO/c1-5-14(8-17)16(9-18-10-16)15-7-12(3)11(2)6-13(15)4/h6-7,14H,5,8-10,17H2,1-4H3. The fraction of sp³-hybridized carbons (Fsp3) is 0.625. The lowest BCUT2D eigenvalue weighted by Crippen LogP contribution is -2.54. The molecule has 1 aromatic rings. The van der Waals surface area contributed by atoms with E-state index in [4.69, 9.17) is 10.5 Å². The van der Waals surface area contributed by atoms with Gasteiger partial charge in [0.1, 0.15) is 0 Å². The Morgan fingerprint density at radius 1 is 1.17 bits per heavy atom. The predicted octanol–water partition coefficient (Wildman–Crippen LogP) is 2.86. The number of hydrogen-bond acceptors (Lipinski definition) is 2. The van der Waals surface area contributed by atoms with Crippen LogP contribution in [0.15, 0.2) is 12.1 Å². The third-order valence-electron chi connectivity index (χ3n) is 4.66. The minimum absolute atomic E-state index is 0.159. The van der Waals surface area contributed by atoms with E-state index < -0.39 is 0 Å². The summed E-state index contributed by atoms with van der Waals surface area (Å²) in [5.74, 6) is 0.520. The van der Waals surface area contributed by atoms with Gasteiger partial charge in [-0.25, -0.2) is 0 Å². The van der Waals surface area contributed by atoms with Crippen LogP contribution in [0.2, 0.25) is 0 Å². The van der Waals surface area contributed by atoms with Gasteiger partial charge in [0, 0.05) is 5.41 Å². The van der Waals surface area contributed by atoms with Crippen molar-refractivity contribution in [1.82, 2.24) is 0 Å². The van der Waals surface area contributed by atoms with Crippen molar-refractivity contribution in [3.05, 3.63) is 34.4 Å². The van der Waals surface area contributed by atoms with Crippen LogP contribution in [0.25, 0.3) is 0 Å². The Labute approximate surface area is 111 Å². The van der Waals surface area contributed by atoms with Gasteiger partial charge in [-0.1, -0.05) is 25.5 Å². The molecule has 1 aliphatic heterocycles. The second-order valence-electron chi connectivity index (χ2n) is 5.74. The first kappa shape index (κ1) is 13.6. The smallest absolute Gasteiger partial charge is 0.0588 e. The van der Waals surface area contributed by atoms with E-state index in [0.29, 0.717) is 5.92 Å². The van der Waals surface area contributed by atoms with Gasteiger partial charge in [-0.05, 0) is 55.5 Å². The maximum absolute atomic E-state index is 5.98. The number of nitrogens with two attached hydrogens (primary N) is 1. The second-order valence-corrected chi connectivity index (χ2v) is 5.74. The third-order valence-corrected chi connectivity index (χ3v) is 4.66. The van der Waals surface area contributed by atoms with Crippen LogP contribution in [0.3, 0.4) is 0 Å². The normalized spacial score (nSPS) is 19.4. The van der Waals surface area contributed by atoms with Crippen LogP contribution in [0.5, 0.6) is 0 Å². The molecule has 2 nitrogen and oxygen atoms in total. The highest BCUT2D eigenvalue weighted by Crippen LogP contribution is 2.42. The molecular weight excluding hydrogens is 222 g/mol. The quantitative estimate of drug-likeness (QED) is 0.888. The average Bonchev–Trinajstić information content (AvgIpc) is 2.29. The molecule has 1 saturated heterocycles. The van der Waals surface area contributed by atoms with E-state index in [1.54, 1.807) is 0 Å². The number of hydrogen-bond donors (Lipinski definition) is 1. The molecule has 2 N–H and O–H groups in total. The van der Waals surface area contributed by atoms with Gasteiger partial charge in [0.2, 0.25) is 0 Å². The summed E-state index contributed by atoms with van der Waals surface area (Å²) in [6, 6.07) is 4.65. The van der Waals surface area contributed by atoms with E-state index in [0.717, 1.165) is 26.2 Å². The fourth-order valence-electron chi connectivity index (χ4n) is 3.21. The molecule has 1 fully saturated rings. The Hall–Kier alpha value is -0.860. The number of benzene rings is 1. The zero-order chi connectivity index (χ0) is 13.3. The molecule has 1 aromatic carbocycles. The molecule has 0 radical (unpaired) electrons. The fourth-order valence-corrected chi connectivity index (χ4v) is 3.21. The van der Waals surface area contributed by atoms with E-state index in [2.05, 4.69) is 39.8 Å². The van der Waals surface area contributed by atoms with E-state index >= 15 is 0 Å². The summed E-state index contributed by atoms with van der Waals surface area (Å²) >= 11 is 0. The first-order valence-corrected chi connectivity index (χ1v) is 6.91. The lowest BCUT2D eigenvalue weighted by molar-refractivity contribution is -0.0901. The van der Waals surface area contributed by atoms with Crippen LogP contribution in [0, 0.1) is 26.7 Å². The minimum Gasteiger partial charge on any atom is -0.379 e. The largest absolute Gasteiger partial charge is 0.379 e. The molecule has 0 spiro atoms. The van der Waals surface area contributed by atoms with Crippen molar-refractivity contribution in [2.45, 2.75) is 39.5 Å². The van der Waals surface area contributed by atoms with Crippen molar-refractivity contribution in [2.24, 2.45) is 11.7 Å². The summed E-state index contributed by atoms with van der Waals surface area (Å²) in [6.07, 6.45) is 1.12. The van der Waals surface area contributed by atoms with Crippen LogP contribution in [0.4, 0.5) is 0 Å². The number of rotatable bonds is 4. The van der Waals surface area contributed by atoms with Gasteiger partial charge in [0.05, 0.1) is 13.2 Å². The number of aryl methyl sites for hydroxylation is 3. The molecule has 0 saturated carbocycles. The van der Waals surface area contributed by atoms with Gasteiger partial charge in [0.15, 0.2) is 0 Å². The molecule has 2 rings (SSSR count). The topological polar surface area (TPSA) is 35.2 Å². The predicted molar refractivity (Wildman–Crippen MR) is 76.0 cm³/mol. The van der Waals surface area contributed by atoms with Crippen LogP contribution < -0.4 is 5.73 Å². The average molecular weight is 247 g/mol. The molecule has 1 atom stereocenters. The second kappa shape index (κ2) is 5.02. The Kier molecular flexibility index (Phi) is 3.79. The molecule has 2 heteroatoms. The molecule has 0 amide bonds. The summed E-state index contributed by atoms with van der Waals surface area (Å²) in [4.78, 5) is 0. The van der Waals surface area contributed by atoms with Crippen molar-refractivity contribution < 1.29 is 4.74 Å². The Balaban J connectivity index is 2.48. The summed E-state index contributed by atoms with van der Waals surface area (Å²) in [5.41, 5.74) is 11.7. The molecule has 1 unspecified atom stereocenters. The third kappa shape index (κ3) is 1.98. The molecular formula is C16H25NO. The monoisotopic (exact) mass is 247 g/mol. The van der Waals surface area contributed by atoms with E-state index in [-0.39, 0.29) is 5.41 Å². The minimum atomic E-state index is 0.159. The van der Waals surface area contributed by atoms with E-state index in [1.165, 1.54) is 22.3 Å². The molecule has 0 bridgehead atoms. The molecule has 18 heavy (non-hydrogen) atoms. The maximum Gasteiger partial charge on any atom is 0.0588 e. The first-order chi connectivity index (χ1) is 8.55. The Morgan fingerprint density at radius 2 is 1.78 bits per heavy atom. The van der Waals surface area contributed by atoms with Crippen molar-refractivity contribution in [1.29, 1.82) is 0 Å².